The van der Waals surface area contributed by atoms with E-state index in [1.165, 1.54) is 16.9 Å². The number of amides is 1. The number of hydrogen-bond donors (Lipinski definition) is 1. The first-order valence-corrected chi connectivity index (χ1v) is 8.64. The highest BCUT2D eigenvalue weighted by atomic mass is 35.5. The first-order valence-electron chi connectivity index (χ1n) is 7.45. The van der Waals surface area contributed by atoms with Crippen LogP contribution in [0.25, 0.3) is 10.1 Å². The molecule has 1 amide bonds. The molecule has 118 valence electrons. The van der Waals surface area contributed by atoms with Crippen molar-refractivity contribution in [1.82, 2.24) is 0 Å². The van der Waals surface area contributed by atoms with Crippen LogP contribution in [0.1, 0.15) is 36.0 Å². The van der Waals surface area contributed by atoms with Crippen molar-refractivity contribution in [3.05, 3.63) is 64.0 Å². The largest absolute Gasteiger partial charge is 0.321 e. The van der Waals surface area contributed by atoms with Gasteiger partial charge in [-0.1, -0.05) is 62.7 Å². The molecule has 0 bridgehead atoms. The minimum Gasteiger partial charge on any atom is -0.321 e. The summed E-state index contributed by atoms with van der Waals surface area (Å²) in [6, 6.07) is 15.7. The van der Waals surface area contributed by atoms with Crippen molar-refractivity contribution < 1.29 is 4.79 Å². The topological polar surface area (TPSA) is 29.1 Å². The molecule has 0 radical (unpaired) electrons. The molecule has 0 aliphatic heterocycles. The number of hydrogen-bond acceptors (Lipinski definition) is 2. The van der Waals surface area contributed by atoms with Crippen LogP contribution in [-0.2, 0) is 5.41 Å². The Labute approximate surface area is 145 Å². The van der Waals surface area contributed by atoms with E-state index in [2.05, 4.69) is 26.1 Å². The van der Waals surface area contributed by atoms with E-state index >= 15 is 0 Å². The van der Waals surface area contributed by atoms with Gasteiger partial charge < -0.3 is 5.32 Å². The monoisotopic (exact) mass is 343 g/mol. The molecule has 1 N–H and O–H groups in total. The third-order valence-electron chi connectivity index (χ3n) is 3.75. The Morgan fingerprint density at radius 1 is 1.04 bits per heavy atom. The molecule has 0 fully saturated rings. The fourth-order valence-electron chi connectivity index (χ4n) is 2.40. The lowest BCUT2D eigenvalue weighted by atomic mass is 9.87. The molecule has 23 heavy (non-hydrogen) atoms. The summed E-state index contributed by atoms with van der Waals surface area (Å²) in [7, 11) is 0. The van der Waals surface area contributed by atoms with Crippen LogP contribution < -0.4 is 5.32 Å². The van der Waals surface area contributed by atoms with Crippen molar-refractivity contribution in [2.75, 3.05) is 5.32 Å². The lowest BCUT2D eigenvalue weighted by Gasteiger charge is -2.19. The van der Waals surface area contributed by atoms with E-state index in [1.807, 2.05) is 48.5 Å². The SMILES string of the molecule is CC(C)(C)c1ccc(NC(=O)c2sc3ccccc3c2Cl)cc1. The minimum atomic E-state index is -0.167. The molecule has 3 aromatic rings. The molecule has 0 atom stereocenters. The molecule has 0 saturated heterocycles. The number of carbonyl (C=O) groups excluding carboxylic acids is 1. The molecule has 4 heteroatoms. The summed E-state index contributed by atoms with van der Waals surface area (Å²) in [4.78, 5) is 13.1. The van der Waals surface area contributed by atoms with E-state index in [0.717, 1.165) is 15.8 Å². The maximum Gasteiger partial charge on any atom is 0.267 e. The van der Waals surface area contributed by atoms with Gasteiger partial charge in [0.25, 0.3) is 5.91 Å². The van der Waals surface area contributed by atoms with Crippen molar-refractivity contribution >= 4 is 44.6 Å². The molecule has 0 aliphatic carbocycles. The fourth-order valence-corrected chi connectivity index (χ4v) is 3.81. The first-order chi connectivity index (χ1) is 10.9. The number of carbonyl (C=O) groups is 1. The second-order valence-electron chi connectivity index (χ2n) is 6.52. The Bertz CT molecular complexity index is 859. The predicted molar refractivity (Wildman–Crippen MR) is 99.9 cm³/mol. The van der Waals surface area contributed by atoms with Crippen molar-refractivity contribution in [2.45, 2.75) is 26.2 Å². The molecule has 0 saturated carbocycles. The molecule has 2 nitrogen and oxygen atoms in total. The van der Waals surface area contributed by atoms with Crippen LogP contribution in [-0.4, -0.2) is 5.91 Å². The van der Waals surface area contributed by atoms with Crippen molar-refractivity contribution in [3.63, 3.8) is 0 Å². The highest BCUT2D eigenvalue weighted by Crippen LogP contribution is 2.35. The van der Waals surface area contributed by atoms with Crippen LogP contribution in [0.5, 0.6) is 0 Å². The summed E-state index contributed by atoms with van der Waals surface area (Å²) in [6.07, 6.45) is 0. The number of anilines is 1. The predicted octanol–water partition coefficient (Wildman–Crippen LogP) is 6.10. The second-order valence-corrected chi connectivity index (χ2v) is 7.95. The summed E-state index contributed by atoms with van der Waals surface area (Å²) in [5.41, 5.74) is 2.10. The number of rotatable bonds is 2. The van der Waals surface area contributed by atoms with Crippen molar-refractivity contribution in [2.24, 2.45) is 0 Å². The van der Waals surface area contributed by atoms with E-state index in [4.69, 9.17) is 11.6 Å². The molecule has 3 rings (SSSR count). The molecule has 2 aromatic carbocycles. The van der Waals surface area contributed by atoms with Crippen LogP contribution in [0.2, 0.25) is 5.02 Å². The van der Waals surface area contributed by atoms with Crippen LogP contribution in [0, 0.1) is 0 Å². The summed E-state index contributed by atoms with van der Waals surface area (Å²) in [5.74, 6) is -0.167. The molecule has 1 heterocycles. The van der Waals surface area contributed by atoms with Gasteiger partial charge >= 0.3 is 0 Å². The molecule has 1 aromatic heterocycles. The van der Waals surface area contributed by atoms with Crippen molar-refractivity contribution in [3.8, 4) is 0 Å². The Morgan fingerprint density at radius 3 is 2.30 bits per heavy atom. The van der Waals surface area contributed by atoms with Crippen LogP contribution in [0.4, 0.5) is 5.69 Å². The zero-order chi connectivity index (χ0) is 16.6. The van der Waals surface area contributed by atoms with E-state index < -0.39 is 0 Å². The van der Waals surface area contributed by atoms with Gasteiger partial charge in [0.2, 0.25) is 0 Å². The summed E-state index contributed by atoms with van der Waals surface area (Å²) in [5, 5.41) is 4.37. The number of thiophene rings is 1. The molecule has 0 aliphatic rings. The van der Waals surface area contributed by atoms with Gasteiger partial charge in [0.05, 0.1) is 5.02 Å². The average molecular weight is 344 g/mol. The second kappa shape index (κ2) is 5.99. The van der Waals surface area contributed by atoms with Gasteiger partial charge in [0, 0.05) is 15.8 Å². The summed E-state index contributed by atoms with van der Waals surface area (Å²) >= 11 is 7.77. The minimum absolute atomic E-state index is 0.0946. The zero-order valence-electron chi connectivity index (χ0n) is 13.3. The van der Waals surface area contributed by atoms with Crippen LogP contribution >= 0.6 is 22.9 Å². The molecule has 0 unspecified atom stereocenters. The Hall–Kier alpha value is -1.84. The van der Waals surface area contributed by atoms with Gasteiger partial charge in [-0.25, -0.2) is 0 Å². The number of fused-ring (bicyclic) bond motifs is 1. The van der Waals surface area contributed by atoms with Gasteiger partial charge in [-0.3, -0.25) is 4.79 Å². The number of benzene rings is 2. The van der Waals surface area contributed by atoms with Gasteiger partial charge in [0.1, 0.15) is 4.88 Å². The molecular formula is C19H18ClNOS. The van der Waals surface area contributed by atoms with Gasteiger partial charge in [-0.2, -0.15) is 0 Å². The lowest BCUT2D eigenvalue weighted by molar-refractivity contribution is 0.103. The summed E-state index contributed by atoms with van der Waals surface area (Å²) < 4.78 is 1.02. The van der Waals surface area contributed by atoms with Crippen LogP contribution in [0.15, 0.2) is 48.5 Å². The third kappa shape index (κ3) is 3.26. The van der Waals surface area contributed by atoms with Gasteiger partial charge in [-0.05, 0) is 29.2 Å². The molecular weight excluding hydrogens is 326 g/mol. The molecule has 0 spiro atoms. The Morgan fingerprint density at radius 2 is 1.70 bits per heavy atom. The maximum absolute atomic E-state index is 12.5. The van der Waals surface area contributed by atoms with Gasteiger partial charge in [-0.15, -0.1) is 11.3 Å². The first kappa shape index (κ1) is 16.0. The fraction of sp³-hybridized carbons (Fsp3) is 0.211. The van der Waals surface area contributed by atoms with E-state index in [-0.39, 0.29) is 11.3 Å². The lowest BCUT2D eigenvalue weighted by Crippen LogP contribution is -2.13. The van der Waals surface area contributed by atoms with E-state index in [0.29, 0.717) is 9.90 Å². The third-order valence-corrected chi connectivity index (χ3v) is 5.42. The van der Waals surface area contributed by atoms with Crippen molar-refractivity contribution in [1.29, 1.82) is 0 Å². The standard InChI is InChI=1S/C19H18ClNOS/c1-19(2,3)12-8-10-13(11-9-12)21-18(22)17-16(20)14-6-4-5-7-15(14)23-17/h4-11H,1-3H3,(H,21,22). The number of nitrogens with one attached hydrogen (secondary N) is 1. The van der Waals surface area contributed by atoms with E-state index in [1.54, 1.807) is 0 Å². The zero-order valence-corrected chi connectivity index (χ0v) is 14.9. The van der Waals surface area contributed by atoms with Crippen LogP contribution in [0.3, 0.4) is 0 Å². The Kier molecular flexibility index (Phi) is 4.17. The normalized spacial score (nSPS) is 11.7. The highest BCUT2D eigenvalue weighted by molar-refractivity contribution is 7.21. The highest BCUT2D eigenvalue weighted by Gasteiger charge is 2.17. The summed E-state index contributed by atoms with van der Waals surface area (Å²) in [6.45, 7) is 6.49. The van der Waals surface area contributed by atoms with Gasteiger partial charge in [0.15, 0.2) is 0 Å². The average Bonchev–Trinajstić information content (AvgIpc) is 2.85. The Balaban J connectivity index is 1.85. The maximum atomic E-state index is 12.5. The van der Waals surface area contributed by atoms with E-state index in [9.17, 15) is 4.79 Å². The number of halogens is 1. The quantitative estimate of drug-likeness (QED) is 0.598. The smallest absolute Gasteiger partial charge is 0.267 e.